The second kappa shape index (κ2) is 5.84. The van der Waals surface area contributed by atoms with E-state index in [2.05, 4.69) is 14.1 Å². The van der Waals surface area contributed by atoms with Crippen LogP contribution in [0.1, 0.15) is 26.3 Å². The highest BCUT2D eigenvalue weighted by molar-refractivity contribution is 7.93. The van der Waals surface area contributed by atoms with Gasteiger partial charge in [-0.1, -0.05) is 17.7 Å². The lowest BCUT2D eigenvalue weighted by molar-refractivity contribution is 0.553. The van der Waals surface area contributed by atoms with Gasteiger partial charge in [0.2, 0.25) is 15.0 Å². The summed E-state index contributed by atoms with van der Waals surface area (Å²) in [5, 5.41) is -0.468. The fourth-order valence-corrected chi connectivity index (χ4v) is 4.55. The van der Waals surface area contributed by atoms with Crippen molar-refractivity contribution in [1.82, 2.24) is 9.36 Å². The van der Waals surface area contributed by atoms with E-state index in [-0.39, 0.29) is 15.2 Å². The Morgan fingerprint density at radius 3 is 2.13 bits per heavy atom. The van der Waals surface area contributed by atoms with Crippen LogP contribution in [-0.2, 0) is 19.9 Å². The van der Waals surface area contributed by atoms with Crippen LogP contribution in [0.4, 0.5) is 5.13 Å². The zero-order valence-corrected chi connectivity index (χ0v) is 15.5. The van der Waals surface area contributed by atoms with Crippen molar-refractivity contribution in [2.75, 3.05) is 4.72 Å². The van der Waals surface area contributed by atoms with Gasteiger partial charge < -0.3 is 0 Å². The van der Waals surface area contributed by atoms with Crippen LogP contribution in [-0.4, -0.2) is 30.9 Å². The molecule has 0 aliphatic heterocycles. The molecule has 0 saturated heterocycles. The molecule has 0 amide bonds. The SMILES string of the molecule is Cc1ccc(S(=O)(=O)Nc2nc(S(=O)(=O)C(C)(C)C)ns2)cc1. The van der Waals surface area contributed by atoms with Crippen LogP contribution in [0.15, 0.2) is 34.3 Å². The number of nitrogens with zero attached hydrogens (tertiary/aromatic N) is 2. The molecule has 1 aromatic heterocycles. The zero-order chi connectivity index (χ0) is 17.5. The van der Waals surface area contributed by atoms with Gasteiger partial charge in [-0.3, -0.25) is 4.72 Å². The van der Waals surface area contributed by atoms with Gasteiger partial charge in [0.15, 0.2) is 0 Å². The molecule has 0 atom stereocenters. The molecule has 2 aromatic rings. The fourth-order valence-electron chi connectivity index (χ4n) is 1.53. The molecule has 10 heteroatoms. The highest BCUT2D eigenvalue weighted by Crippen LogP contribution is 2.26. The first-order valence-electron chi connectivity index (χ1n) is 6.61. The molecule has 0 fully saturated rings. The van der Waals surface area contributed by atoms with Gasteiger partial charge in [0.1, 0.15) is 0 Å². The van der Waals surface area contributed by atoms with Crippen molar-refractivity contribution in [3.63, 3.8) is 0 Å². The van der Waals surface area contributed by atoms with Crippen LogP contribution in [0.3, 0.4) is 0 Å². The molecular formula is C13H17N3O4S3. The molecule has 0 spiro atoms. The second-order valence-corrected chi connectivity index (χ2v) is 10.9. The first kappa shape index (κ1) is 17.8. The van der Waals surface area contributed by atoms with E-state index in [1.165, 1.54) is 32.9 Å². The lowest BCUT2D eigenvalue weighted by atomic mass is 10.2. The predicted octanol–water partition coefficient (Wildman–Crippen LogP) is 2.22. The predicted molar refractivity (Wildman–Crippen MR) is 88.8 cm³/mol. The molecule has 0 saturated carbocycles. The molecule has 1 aromatic carbocycles. The molecule has 0 aliphatic rings. The third-order valence-electron chi connectivity index (χ3n) is 3.01. The van der Waals surface area contributed by atoms with Crippen LogP contribution in [0.5, 0.6) is 0 Å². The monoisotopic (exact) mass is 375 g/mol. The molecule has 1 heterocycles. The van der Waals surface area contributed by atoms with Gasteiger partial charge in [-0.2, -0.15) is 9.36 Å². The molecule has 7 nitrogen and oxygen atoms in total. The van der Waals surface area contributed by atoms with E-state index in [9.17, 15) is 16.8 Å². The molecule has 2 rings (SSSR count). The van der Waals surface area contributed by atoms with Crippen molar-refractivity contribution >= 4 is 36.5 Å². The van der Waals surface area contributed by atoms with Crippen molar-refractivity contribution in [2.45, 2.75) is 42.5 Å². The smallest absolute Gasteiger partial charge is 0.253 e. The van der Waals surface area contributed by atoms with Crippen LogP contribution in [0, 0.1) is 6.92 Å². The summed E-state index contributed by atoms with van der Waals surface area (Å²) >= 11 is 0.687. The highest BCUT2D eigenvalue weighted by atomic mass is 32.2. The van der Waals surface area contributed by atoms with Crippen LogP contribution < -0.4 is 4.72 Å². The van der Waals surface area contributed by atoms with Gasteiger partial charge in [-0.15, -0.1) is 0 Å². The quantitative estimate of drug-likeness (QED) is 0.878. The average Bonchev–Trinajstić information content (AvgIpc) is 2.86. The van der Waals surface area contributed by atoms with Gasteiger partial charge in [-0.25, -0.2) is 16.8 Å². The van der Waals surface area contributed by atoms with Gasteiger partial charge in [-0.05, 0) is 39.8 Å². The molecule has 0 unspecified atom stereocenters. The topological polar surface area (TPSA) is 106 Å². The minimum absolute atomic E-state index is 0.0681. The van der Waals surface area contributed by atoms with Crippen LogP contribution in [0.25, 0.3) is 0 Å². The number of sulfonamides is 1. The average molecular weight is 375 g/mol. The third-order valence-corrected chi connectivity index (χ3v) is 7.51. The molecule has 1 N–H and O–H groups in total. The lowest BCUT2D eigenvalue weighted by Crippen LogP contribution is -2.28. The number of sulfone groups is 1. The third kappa shape index (κ3) is 3.70. The summed E-state index contributed by atoms with van der Waals surface area (Å²) in [4.78, 5) is 3.87. The normalized spacial score (nSPS) is 13.0. The molecular weight excluding hydrogens is 358 g/mol. The number of nitrogens with one attached hydrogen (secondary N) is 1. The number of aryl methyl sites for hydroxylation is 1. The maximum Gasteiger partial charge on any atom is 0.263 e. The van der Waals surface area contributed by atoms with Gasteiger partial charge in [0.25, 0.3) is 15.2 Å². The summed E-state index contributed by atoms with van der Waals surface area (Å²) in [5.41, 5.74) is 0.929. The Balaban J connectivity index is 2.31. The number of aromatic nitrogens is 2. The Kier molecular flexibility index (Phi) is 4.53. The minimum Gasteiger partial charge on any atom is -0.253 e. The number of hydrogen-bond acceptors (Lipinski definition) is 7. The molecule has 0 radical (unpaired) electrons. The summed E-state index contributed by atoms with van der Waals surface area (Å²) in [6, 6.07) is 6.27. The summed E-state index contributed by atoms with van der Waals surface area (Å²) in [5.74, 6) is 0. The van der Waals surface area contributed by atoms with Gasteiger partial charge in [0.05, 0.1) is 9.64 Å². The van der Waals surface area contributed by atoms with E-state index < -0.39 is 24.6 Å². The molecule has 23 heavy (non-hydrogen) atoms. The number of benzene rings is 1. The Hall–Kier alpha value is -1.52. The van der Waals surface area contributed by atoms with E-state index >= 15 is 0 Å². The largest absolute Gasteiger partial charge is 0.263 e. The van der Waals surface area contributed by atoms with Gasteiger partial charge in [0, 0.05) is 11.5 Å². The highest BCUT2D eigenvalue weighted by Gasteiger charge is 2.35. The second-order valence-electron chi connectivity index (χ2n) is 5.92. The summed E-state index contributed by atoms with van der Waals surface area (Å²) in [7, 11) is -7.56. The van der Waals surface area contributed by atoms with Gasteiger partial charge >= 0.3 is 0 Å². The Labute approximate surface area is 139 Å². The van der Waals surface area contributed by atoms with Crippen LogP contribution in [0.2, 0.25) is 0 Å². The summed E-state index contributed by atoms with van der Waals surface area (Å²) in [6.07, 6.45) is 0. The minimum atomic E-state index is -3.83. The zero-order valence-electron chi connectivity index (χ0n) is 13.1. The summed E-state index contributed by atoms with van der Waals surface area (Å²) in [6.45, 7) is 6.43. The van der Waals surface area contributed by atoms with Crippen molar-refractivity contribution < 1.29 is 16.8 Å². The number of anilines is 1. The molecule has 126 valence electrons. The van der Waals surface area contributed by atoms with E-state index in [0.29, 0.717) is 11.5 Å². The lowest BCUT2D eigenvalue weighted by Gasteiger charge is -2.15. The standard InChI is InChI=1S/C13H17N3O4S3/c1-9-5-7-10(8-6-9)23(19,20)16-11-14-12(15-21-11)22(17,18)13(2,3)4/h5-8H,1-4H3,(H,14,15,16). The van der Waals surface area contributed by atoms with E-state index in [0.717, 1.165) is 5.56 Å². The Morgan fingerprint density at radius 2 is 1.61 bits per heavy atom. The Morgan fingerprint density at radius 1 is 1.04 bits per heavy atom. The fraction of sp³-hybridized carbons (Fsp3) is 0.385. The first-order valence-corrected chi connectivity index (χ1v) is 10.4. The maximum absolute atomic E-state index is 12.2. The van der Waals surface area contributed by atoms with E-state index in [4.69, 9.17) is 0 Å². The van der Waals surface area contributed by atoms with Crippen molar-refractivity contribution in [2.24, 2.45) is 0 Å². The number of rotatable bonds is 4. The van der Waals surface area contributed by atoms with E-state index in [1.807, 2.05) is 6.92 Å². The Bertz CT molecular complexity index is 908. The number of hydrogen-bond donors (Lipinski definition) is 1. The summed E-state index contributed by atoms with van der Waals surface area (Å²) < 4.78 is 53.9. The van der Waals surface area contributed by atoms with Crippen molar-refractivity contribution in [3.05, 3.63) is 29.8 Å². The first-order chi connectivity index (χ1) is 10.4. The van der Waals surface area contributed by atoms with Crippen molar-refractivity contribution in [3.8, 4) is 0 Å². The van der Waals surface area contributed by atoms with Crippen LogP contribution >= 0.6 is 11.5 Å². The van der Waals surface area contributed by atoms with E-state index in [1.54, 1.807) is 12.1 Å². The van der Waals surface area contributed by atoms with Crippen molar-refractivity contribution in [1.29, 1.82) is 0 Å². The molecule has 0 bridgehead atoms. The maximum atomic E-state index is 12.2. The molecule has 0 aliphatic carbocycles.